The predicted molar refractivity (Wildman–Crippen MR) is 79.9 cm³/mol. The van der Waals surface area contributed by atoms with Crippen molar-refractivity contribution in [3.8, 4) is 0 Å². The molecule has 0 atom stereocenters. The quantitative estimate of drug-likeness (QED) is 0.809. The third-order valence-electron chi connectivity index (χ3n) is 2.85. The number of anilines is 1. The number of nitrogens with one attached hydrogen (secondary N) is 2. The van der Waals surface area contributed by atoms with Crippen LogP contribution in [0.1, 0.15) is 0 Å². The van der Waals surface area contributed by atoms with Gasteiger partial charge in [0, 0.05) is 36.9 Å². The van der Waals surface area contributed by atoms with Crippen LogP contribution in [0.2, 0.25) is 5.02 Å². The van der Waals surface area contributed by atoms with E-state index in [4.69, 9.17) is 23.8 Å². The summed E-state index contributed by atoms with van der Waals surface area (Å²) in [5.74, 6) is 0. The first-order valence-electron chi connectivity index (χ1n) is 5.90. The van der Waals surface area contributed by atoms with Crippen LogP contribution in [0.4, 0.5) is 5.69 Å². The molecule has 0 amide bonds. The summed E-state index contributed by atoms with van der Waals surface area (Å²) < 4.78 is 0. The van der Waals surface area contributed by atoms with Crippen molar-refractivity contribution in [1.29, 1.82) is 0 Å². The molecule has 1 aromatic rings. The average Bonchev–Trinajstić information content (AvgIpc) is 2.32. The number of thiocarbonyl (C=S) groups is 1. The number of nitrogens with zero attached hydrogens (tertiary/aromatic N) is 2. The SMILES string of the molecule is CN1CCN(NC(=S)Nc2cccc(Cl)c2)CC1. The third-order valence-corrected chi connectivity index (χ3v) is 3.27. The molecule has 0 unspecified atom stereocenters. The van der Waals surface area contributed by atoms with Crippen LogP contribution < -0.4 is 10.7 Å². The first-order chi connectivity index (χ1) is 8.63. The van der Waals surface area contributed by atoms with E-state index in [1.807, 2.05) is 24.3 Å². The molecule has 4 nitrogen and oxygen atoms in total. The van der Waals surface area contributed by atoms with Gasteiger partial charge in [-0.3, -0.25) is 5.43 Å². The van der Waals surface area contributed by atoms with Crippen molar-refractivity contribution in [1.82, 2.24) is 15.3 Å². The van der Waals surface area contributed by atoms with Gasteiger partial charge in [-0.25, -0.2) is 5.01 Å². The molecule has 1 aromatic carbocycles. The highest BCUT2D eigenvalue weighted by molar-refractivity contribution is 7.80. The van der Waals surface area contributed by atoms with Crippen LogP contribution in [-0.2, 0) is 0 Å². The highest BCUT2D eigenvalue weighted by atomic mass is 35.5. The van der Waals surface area contributed by atoms with Crippen molar-refractivity contribution < 1.29 is 0 Å². The fourth-order valence-electron chi connectivity index (χ4n) is 1.79. The van der Waals surface area contributed by atoms with E-state index < -0.39 is 0 Å². The predicted octanol–water partition coefficient (Wildman–Crippen LogP) is 1.79. The van der Waals surface area contributed by atoms with E-state index >= 15 is 0 Å². The van der Waals surface area contributed by atoms with Gasteiger partial charge in [0.05, 0.1) is 0 Å². The van der Waals surface area contributed by atoms with Gasteiger partial charge in [-0.15, -0.1) is 0 Å². The first kappa shape index (κ1) is 13.5. The Labute approximate surface area is 118 Å². The summed E-state index contributed by atoms with van der Waals surface area (Å²) in [6.45, 7) is 4.03. The number of piperazine rings is 1. The van der Waals surface area contributed by atoms with Gasteiger partial charge in [0.2, 0.25) is 0 Å². The van der Waals surface area contributed by atoms with Crippen molar-refractivity contribution in [3.05, 3.63) is 29.3 Å². The zero-order valence-corrected chi connectivity index (χ0v) is 11.9. The maximum atomic E-state index is 5.92. The Morgan fingerprint density at radius 2 is 2.00 bits per heavy atom. The molecule has 2 rings (SSSR count). The third kappa shape index (κ3) is 4.10. The Balaban J connectivity index is 1.82. The Morgan fingerprint density at radius 1 is 1.28 bits per heavy atom. The minimum absolute atomic E-state index is 0.599. The number of likely N-dealkylation sites (N-methyl/N-ethyl adjacent to an activating group) is 1. The van der Waals surface area contributed by atoms with Gasteiger partial charge in [0.15, 0.2) is 5.11 Å². The van der Waals surface area contributed by atoms with E-state index in [1.54, 1.807) is 0 Å². The fourth-order valence-corrected chi connectivity index (χ4v) is 2.22. The molecule has 1 aliphatic rings. The number of hydrogen-bond acceptors (Lipinski definition) is 3. The van der Waals surface area contributed by atoms with Crippen molar-refractivity contribution in [2.45, 2.75) is 0 Å². The summed E-state index contributed by atoms with van der Waals surface area (Å²) in [5.41, 5.74) is 4.09. The molecule has 6 heteroatoms. The van der Waals surface area contributed by atoms with Crippen LogP contribution in [0.15, 0.2) is 24.3 Å². The lowest BCUT2D eigenvalue weighted by Crippen LogP contribution is -2.53. The minimum atomic E-state index is 0.599. The van der Waals surface area contributed by atoms with Crippen LogP contribution in [0.25, 0.3) is 0 Å². The van der Waals surface area contributed by atoms with Gasteiger partial charge in [-0.05, 0) is 37.5 Å². The lowest BCUT2D eigenvalue weighted by molar-refractivity contribution is 0.131. The van der Waals surface area contributed by atoms with E-state index in [2.05, 4.69) is 27.7 Å². The number of benzene rings is 1. The Kier molecular flexibility index (Phi) is 4.77. The van der Waals surface area contributed by atoms with E-state index in [9.17, 15) is 0 Å². The van der Waals surface area contributed by atoms with Crippen LogP contribution in [-0.4, -0.2) is 48.2 Å². The zero-order chi connectivity index (χ0) is 13.0. The molecule has 0 aromatic heterocycles. The van der Waals surface area contributed by atoms with Gasteiger partial charge in [-0.2, -0.15) is 0 Å². The van der Waals surface area contributed by atoms with Crippen LogP contribution in [0.5, 0.6) is 0 Å². The smallest absolute Gasteiger partial charge is 0.185 e. The summed E-state index contributed by atoms with van der Waals surface area (Å²) in [6.07, 6.45) is 0. The lowest BCUT2D eigenvalue weighted by Gasteiger charge is -2.33. The summed E-state index contributed by atoms with van der Waals surface area (Å²) in [6, 6.07) is 7.51. The highest BCUT2D eigenvalue weighted by Crippen LogP contribution is 2.14. The zero-order valence-electron chi connectivity index (χ0n) is 10.3. The topological polar surface area (TPSA) is 30.5 Å². The van der Waals surface area contributed by atoms with Crippen LogP contribution in [0.3, 0.4) is 0 Å². The Bertz CT molecular complexity index is 418. The maximum Gasteiger partial charge on any atom is 0.185 e. The second kappa shape index (κ2) is 6.33. The van der Waals surface area contributed by atoms with Crippen molar-refractivity contribution in [2.24, 2.45) is 0 Å². The van der Waals surface area contributed by atoms with Crippen molar-refractivity contribution in [3.63, 3.8) is 0 Å². The molecule has 0 bridgehead atoms. The maximum absolute atomic E-state index is 5.92. The molecule has 0 radical (unpaired) electrons. The van der Waals surface area contributed by atoms with Crippen LogP contribution >= 0.6 is 23.8 Å². The molecule has 1 heterocycles. The molecule has 1 saturated heterocycles. The fraction of sp³-hybridized carbons (Fsp3) is 0.417. The monoisotopic (exact) mass is 284 g/mol. The number of hydrogen-bond donors (Lipinski definition) is 2. The van der Waals surface area contributed by atoms with Gasteiger partial charge < -0.3 is 10.2 Å². The summed E-state index contributed by atoms with van der Waals surface area (Å²) in [7, 11) is 2.12. The molecule has 0 spiro atoms. The Hall–Kier alpha value is -0.880. The standard InChI is InChI=1S/C12H17ClN4S/c1-16-5-7-17(8-6-16)15-12(18)14-11-4-2-3-10(13)9-11/h2-4,9H,5-8H2,1H3,(H2,14,15,18). The first-order valence-corrected chi connectivity index (χ1v) is 6.69. The molecule has 18 heavy (non-hydrogen) atoms. The lowest BCUT2D eigenvalue weighted by atomic mass is 10.3. The average molecular weight is 285 g/mol. The van der Waals surface area contributed by atoms with Crippen molar-refractivity contribution in [2.75, 3.05) is 38.5 Å². The molecule has 1 fully saturated rings. The molecule has 1 aliphatic heterocycles. The van der Waals surface area contributed by atoms with Gasteiger partial charge in [0.1, 0.15) is 0 Å². The largest absolute Gasteiger partial charge is 0.332 e. The molecule has 98 valence electrons. The number of rotatable bonds is 2. The van der Waals surface area contributed by atoms with Crippen molar-refractivity contribution >= 4 is 34.6 Å². The molecule has 0 saturated carbocycles. The molecule has 2 N–H and O–H groups in total. The van der Waals surface area contributed by atoms with Gasteiger partial charge in [-0.1, -0.05) is 17.7 Å². The van der Waals surface area contributed by atoms with E-state index in [1.165, 1.54) is 0 Å². The normalized spacial score (nSPS) is 17.4. The summed E-state index contributed by atoms with van der Waals surface area (Å²) >= 11 is 11.2. The highest BCUT2D eigenvalue weighted by Gasteiger charge is 2.14. The van der Waals surface area contributed by atoms with E-state index in [0.29, 0.717) is 10.1 Å². The number of hydrazine groups is 1. The molecule has 0 aliphatic carbocycles. The number of halogens is 1. The van der Waals surface area contributed by atoms with Gasteiger partial charge >= 0.3 is 0 Å². The summed E-state index contributed by atoms with van der Waals surface area (Å²) in [5, 5.41) is 6.54. The molecular formula is C12H17ClN4S. The molecular weight excluding hydrogens is 268 g/mol. The summed E-state index contributed by atoms with van der Waals surface area (Å²) in [4.78, 5) is 2.30. The van der Waals surface area contributed by atoms with Gasteiger partial charge in [0.25, 0.3) is 0 Å². The second-order valence-corrected chi connectivity index (χ2v) is 5.21. The van der Waals surface area contributed by atoms with E-state index in [0.717, 1.165) is 31.9 Å². The minimum Gasteiger partial charge on any atom is -0.332 e. The Morgan fingerprint density at radius 3 is 2.67 bits per heavy atom. The second-order valence-electron chi connectivity index (χ2n) is 4.37. The van der Waals surface area contributed by atoms with E-state index in [-0.39, 0.29) is 0 Å². The van der Waals surface area contributed by atoms with Crippen LogP contribution in [0, 0.1) is 0 Å².